The Hall–Kier alpha value is -3.08. The summed E-state index contributed by atoms with van der Waals surface area (Å²) in [4.78, 5) is 19.1. The summed E-state index contributed by atoms with van der Waals surface area (Å²) in [5.41, 5.74) is 6.50. The summed E-state index contributed by atoms with van der Waals surface area (Å²) >= 11 is 6.65. The van der Waals surface area contributed by atoms with Crippen molar-refractivity contribution in [3.63, 3.8) is 0 Å². The zero-order valence-electron chi connectivity index (χ0n) is 21.5. The Labute approximate surface area is 242 Å². The van der Waals surface area contributed by atoms with Crippen molar-refractivity contribution in [3.8, 4) is 11.3 Å². The van der Waals surface area contributed by atoms with Gasteiger partial charge in [0, 0.05) is 74.5 Å². The fourth-order valence-electron chi connectivity index (χ4n) is 4.96. The van der Waals surface area contributed by atoms with Gasteiger partial charge in [0.15, 0.2) is 5.78 Å². The number of allylic oxidation sites excluding steroid dienone is 2. The second-order valence-electron chi connectivity index (χ2n) is 9.08. The number of ketones is 1. The first-order valence-corrected chi connectivity index (χ1v) is 14.7. The number of aliphatic hydroxyl groups excluding tert-OH is 1. The molecule has 38 heavy (non-hydrogen) atoms. The van der Waals surface area contributed by atoms with Gasteiger partial charge in [-0.3, -0.25) is 4.79 Å². The van der Waals surface area contributed by atoms with Crippen molar-refractivity contribution in [2.75, 3.05) is 23.9 Å². The molecule has 2 aliphatic rings. The number of pyridine rings is 1. The van der Waals surface area contributed by atoms with E-state index in [-0.39, 0.29) is 31.6 Å². The normalized spacial score (nSPS) is 16.7. The summed E-state index contributed by atoms with van der Waals surface area (Å²) < 4.78 is 0. The number of aromatic nitrogens is 1. The summed E-state index contributed by atoms with van der Waals surface area (Å²) in [5.74, 6) is -0.0625. The van der Waals surface area contributed by atoms with Crippen LogP contribution in [0.3, 0.4) is 0 Å². The maximum Gasteiger partial charge on any atom is 0.155 e. The maximum absolute atomic E-state index is 10.0. The number of para-hydroxylation sites is 2. The number of carbonyl (C=O) groups excluding carboxylic acids is 1. The number of hydrogen-bond acceptors (Lipinski definition) is 6. The maximum atomic E-state index is 10.0. The van der Waals surface area contributed by atoms with Gasteiger partial charge in [-0.2, -0.15) is 0 Å². The van der Waals surface area contributed by atoms with Crippen LogP contribution in [0.5, 0.6) is 0 Å². The predicted octanol–water partition coefficient (Wildman–Crippen LogP) is 5.50. The molecule has 0 spiro atoms. The van der Waals surface area contributed by atoms with E-state index >= 15 is 0 Å². The molecule has 0 aliphatic carbocycles. The Balaban J connectivity index is 0.000000375. The largest absolute Gasteiger partial charge is 0.512 e. The monoisotopic (exact) mass is 717 g/mol. The number of fused-ring (bicyclic) bond motifs is 4. The van der Waals surface area contributed by atoms with E-state index in [4.69, 9.17) is 16.9 Å². The Kier molecular flexibility index (Phi) is 8.06. The first-order valence-electron chi connectivity index (χ1n) is 11.9. The topological polar surface area (TPSA) is 56.7 Å². The predicted molar refractivity (Wildman–Crippen MR) is 158 cm³/mol. The molecule has 0 saturated heterocycles. The summed E-state index contributed by atoms with van der Waals surface area (Å²) in [5, 5.41) is 12.1. The molecular formula is C30H27IrN3O2PS-. The molecule has 1 radical (unpaired) electrons. The first-order chi connectivity index (χ1) is 17.7. The van der Waals surface area contributed by atoms with Gasteiger partial charge in [0.2, 0.25) is 0 Å². The molecule has 0 fully saturated rings. The zero-order valence-corrected chi connectivity index (χ0v) is 25.6. The smallest absolute Gasteiger partial charge is 0.155 e. The van der Waals surface area contributed by atoms with Crippen LogP contribution in [0.15, 0.2) is 90.8 Å². The Morgan fingerprint density at radius 1 is 0.921 bits per heavy atom. The van der Waals surface area contributed by atoms with Crippen LogP contribution in [0.2, 0.25) is 0 Å². The van der Waals surface area contributed by atoms with Gasteiger partial charge in [-0.15, -0.1) is 17.7 Å². The molecule has 1 atom stereocenters. The van der Waals surface area contributed by atoms with Gasteiger partial charge in [-0.05, 0) is 54.4 Å². The molecule has 0 saturated carbocycles. The number of rotatable bonds is 2. The quantitative estimate of drug-likeness (QED) is 0.128. The van der Waals surface area contributed by atoms with Crippen molar-refractivity contribution in [2.45, 2.75) is 13.8 Å². The van der Waals surface area contributed by atoms with Crippen LogP contribution in [-0.2, 0) is 36.7 Å². The van der Waals surface area contributed by atoms with E-state index in [1.807, 2.05) is 24.4 Å². The number of nitrogens with zero attached hydrogens (tertiary/aromatic N) is 3. The number of anilines is 4. The van der Waals surface area contributed by atoms with Crippen LogP contribution >= 0.6 is 6.04 Å². The fraction of sp³-hybridized carbons (Fsp3) is 0.133. The third kappa shape index (κ3) is 4.65. The van der Waals surface area contributed by atoms with Crippen molar-refractivity contribution in [3.05, 3.63) is 96.9 Å². The minimum Gasteiger partial charge on any atom is -0.512 e. The van der Waals surface area contributed by atoms with Gasteiger partial charge in [-0.25, -0.2) is 0 Å². The molecule has 1 N–H and O–H groups in total. The number of hydrogen-bond donors (Lipinski definition) is 1. The standard InChI is InChI=1S/C25H19N3PS.C5H8O2.Ir/c1-27-19-10-3-5-12-23(19)29(30)24-13-6-4-11-20(24)28(2)22-16-17(15-21(27)25(22)29)18-9-7-8-14-26-18;1-4(6)3-5(2)7;/h3-15H,1-2H3;3,6H,1-2H3;/q-1;;/b;4-3-;. The molecule has 5 nitrogen and oxygen atoms in total. The van der Waals surface area contributed by atoms with Gasteiger partial charge >= 0.3 is 0 Å². The van der Waals surface area contributed by atoms with Gasteiger partial charge < -0.3 is 19.9 Å². The summed E-state index contributed by atoms with van der Waals surface area (Å²) in [6, 6.07) is 26.9. The molecule has 4 aromatic rings. The molecule has 6 rings (SSSR count). The van der Waals surface area contributed by atoms with E-state index in [2.05, 4.69) is 89.5 Å². The molecule has 8 heteroatoms. The van der Waals surface area contributed by atoms with Crippen LogP contribution in [0.25, 0.3) is 11.3 Å². The third-order valence-electron chi connectivity index (χ3n) is 6.53. The van der Waals surface area contributed by atoms with Gasteiger partial charge in [0.1, 0.15) is 0 Å². The molecular weight excluding hydrogens is 690 g/mol. The molecule has 3 heterocycles. The Bertz CT molecular complexity index is 1520. The van der Waals surface area contributed by atoms with Crippen LogP contribution in [-0.4, -0.2) is 30.0 Å². The minimum atomic E-state index is -2.20. The molecule has 0 amide bonds. The number of carbonyl (C=O) groups is 1. The van der Waals surface area contributed by atoms with E-state index < -0.39 is 6.04 Å². The van der Waals surface area contributed by atoms with Gasteiger partial charge in [-0.1, -0.05) is 60.3 Å². The van der Waals surface area contributed by atoms with E-state index in [0.29, 0.717) is 0 Å². The van der Waals surface area contributed by atoms with Crippen molar-refractivity contribution in [1.82, 2.24) is 4.98 Å². The average molecular weight is 717 g/mol. The van der Waals surface area contributed by atoms with E-state index in [1.165, 1.54) is 47.2 Å². The molecule has 1 unspecified atom stereocenters. The second kappa shape index (κ2) is 11.0. The van der Waals surface area contributed by atoms with Crippen molar-refractivity contribution >= 4 is 62.3 Å². The summed E-state index contributed by atoms with van der Waals surface area (Å²) in [7, 11) is 4.25. The minimum absolute atomic E-state index is 0. The average Bonchev–Trinajstić information content (AvgIpc) is 2.90. The summed E-state index contributed by atoms with van der Waals surface area (Å²) in [6.45, 7) is 2.85. The van der Waals surface area contributed by atoms with Crippen LogP contribution in [0.1, 0.15) is 13.8 Å². The Morgan fingerprint density at radius 2 is 1.50 bits per heavy atom. The SMILES string of the molecule is CC(=O)/C=C(/C)O.CN1c2[c-]c(-c3ccccn3)cc3c2P(=S)(c2ccccc21)c1ccccc1N3C.[Ir]. The molecule has 195 valence electrons. The Morgan fingerprint density at radius 3 is 2.03 bits per heavy atom. The molecule has 1 aromatic heterocycles. The van der Waals surface area contributed by atoms with Crippen LogP contribution in [0.4, 0.5) is 22.7 Å². The van der Waals surface area contributed by atoms with Crippen molar-refractivity contribution in [1.29, 1.82) is 0 Å². The number of benzene rings is 3. The second-order valence-corrected chi connectivity index (χ2v) is 13.4. The van der Waals surface area contributed by atoms with E-state index in [9.17, 15) is 4.79 Å². The van der Waals surface area contributed by atoms with Crippen molar-refractivity contribution in [2.24, 2.45) is 0 Å². The van der Waals surface area contributed by atoms with E-state index in [1.54, 1.807) is 0 Å². The van der Waals surface area contributed by atoms with Crippen molar-refractivity contribution < 1.29 is 30.0 Å². The van der Waals surface area contributed by atoms with Crippen LogP contribution in [0, 0.1) is 6.07 Å². The fourth-order valence-corrected chi connectivity index (χ4v) is 9.90. The summed E-state index contributed by atoms with van der Waals surface area (Å²) in [6.07, 6.45) is 3.00. The van der Waals surface area contributed by atoms with Gasteiger partial charge in [0.25, 0.3) is 0 Å². The molecule has 0 bridgehead atoms. The van der Waals surface area contributed by atoms with E-state index in [0.717, 1.165) is 22.6 Å². The van der Waals surface area contributed by atoms with Gasteiger partial charge in [0.05, 0.1) is 5.76 Å². The molecule has 3 aromatic carbocycles. The zero-order chi connectivity index (χ0) is 26.3. The first kappa shape index (κ1) is 27.9. The number of aliphatic hydroxyl groups is 1. The van der Waals surface area contributed by atoms with Crippen LogP contribution < -0.4 is 25.7 Å². The third-order valence-corrected chi connectivity index (χ3v) is 11.4. The molecule has 2 aliphatic heterocycles.